The Bertz CT molecular complexity index is 787. The monoisotopic (exact) mass is 373 g/mol. The first-order valence-electron chi connectivity index (χ1n) is 8.16. The summed E-state index contributed by atoms with van der Waals surface area (Å²) >= 11 is 0. The standard InChI is InChI=1S/C15H23N3O4S2/c16-10-11-2-1-3-15(11)18-24(21,22)14-8-6-13(7-9-14)23(19,20)17-12-4-5-12/h6-9,11-12,15,17-18H,1-5,10,16H2. The smallest absolute Gasteiger partial charge is 0.240 e. The van der Waals surface area contributed by atoms with Crippen LogP contribution in [0.15, 0.2) is 34.1 Å². The van der Waals surface area contributed by atoms with Crippen LogP contribution in [0.3, 0.4) is 0 Å². The van der Waals surface area contributed by atoms with Crippen LogP contribution in [-0.4, -0.2) is 35.5 Å². The van der Waals surface area contributed by atoms with E-state index in [1.54, 1.807) is 0 Å². The molecule has 2 aliphatic carbocycles. The van der Waals surface area contributed by atoms with E-state index in [9.17, 15) is 16.8 Å². The lowest BCUT2D eigenvalue weighted by molar-refractivity contribution is 0.453. The highest BCUT2D eigenvalue weighted by Gasteiger charge is 2.31. The molecule has 0 radical (unpaired) electrons. The number of rotatable bonds is 7. The van der Waals surface area contributed by atoms with Gasteiger partial charge < -0.3 is 5.73 Å². The lowest BCUT2D eigenvalue weighted by Gasteiger charge is -2.19. The maximum absolute atomic E-state index is 12.5. The molecule has 9 heteroatoms. The molecule has 1 aromatic rings. The predicted octanol–water partition coefficient (Wildman–Crippen LogP) is 0.533. The molecule has 0 bridgehead atoms. The Morgan fingerprint density at radius 1 is 0.875 bits per heavy atom. The van der Waals surface area contributed by atoms with Gasteiger partial charge in [0.05, 0.1) is 9.79 Å². The second-order valence-electron chi connectivity index (χ2n) is 6.52. The molecule has 2 saturated carbocycles. The summed E-state index contributed by atoms with van der Waals surface area (Å²) in [5.41, 5.74) is 5.69. The summed E-state index contributed by atoms with van der Waals surface area (Å²) in [6, 6.07) is 5.17. The van der Waals surface area contributed by atoms with Crippen molar-refractivity contribution in [3.63, 3.8) is 0 Å². The van der Waals surface area contributed by atoms with Crippen LogP contribution in [-0.2, 0) is 20.0 Å². The maximum atomic E-state index is 12.5. The van der Waals surface area contributed by atoms with Crippen molar-refractivity contribution in [2.24, 2.45) is 11.7 Å². The van der Waals surface area contributed by atoms with E-state index in [1.165, 1.54) is 24.3 Å². The molecule has 0 heterocycles. The van der Waals surface area contributed by atoms with Crippen LogP contribution < -0.4 is 15.2 Å². The van der Waals surface area contributed by atoms with Crippen LogP contribution in [0.2, 0.25) is 0 Å². The summed E-state index contributed by atoms with van der Waals surface area (Å²) < 4.78 is 54.5. The lowest BCUT2D eigenvalue weighted by Crippen LogP contribution is -2.39. The van der Waals surface area contributed by atoms with E-state index in [0.29, 0.717) is 6.54 Å². The molecule has 0 spiro atoms. The molecule has 2 unspecified atom stereocenters. The van der Waals surface area contributed by atoms with Gasteiger partial charge in [0.15, 0.2) is 0 Å². The lowest BCUT2D eigenvalue weighted by atomic mass is 10.1. The molecular formula is C15H23N3O4S2. The fourth-order valence-electron chi connectivity index (χ4n) is 3.03. The molecule has 0 aliphatic heterocycles. The summed E-state index contributed by atoms with van der Waals surface area (Å²) in [5.74, 6) is 0.155. The Balaban J connectivity index is 1.74. The minimum Gasteiger partial charge on any atom is -0.330 e. The van der Waals surface area contributed by atoms with Crippen molar-refractivity contribution in [3.05, 3.63) is 24.3 Å². The molecule has 2 fully saturated rings. The zero-order valence-electron chi connectivity index (χ0n) is 13.3. The first-order chi connectivity index (χ1) is 11.3. The van der Waals surface area contributed by atoms with Crippen molar-refractivity contribution in [1.29, 1.82) is 0 Å². The first-order valence-corrected chi connectivity index (χ1v) is 11.1. The van der Waals surface area contributed by atoms with E-state index in [-0.39, 0.29) is 27.8 Å². The molecule has 2 atom stereocenters. The summed E-state index contributed by atoms with van der Waals surface area (Å²) in [7, 11) is -7.26. The van der Waals surface area contributed by atoms with Crippen LogP contribution in [0.1, 0.15) is 32.1 Å². The Morgan fingerprint density at radius 3 is 1.92 bits per heavy atom. The molecule has 4 N–H and O–H groups in total. The average molecular weight is 374 g/mol. The highest BCUT2D eigenvalue weighted by Crippen LogP contribution is 2.27. The quantitative estimate of drug-likeness (QED) is 0.644. The zero-order valence-corrected chi connectivity index (χ0v) is 14.9. The maximum Gasteiger partial charge on any atom is 0.240 e. The molecule has 0 aromatic heterocycles. The van der Waals surface area contributed by atoms with Crippen molar-refractivity contribution in [3.8, 4) is 0 Å². The van der Waals surface area contributed by atoms with Crippen LogP contribution in [0.4, 0.5) is 0 Å². The minimum absolute atomic E-state index is 0.00985. The van der Waals surface area contributed by atoms with Crippen molar-refractivity contribution in [2.75, 3.05) is 6.54 Å². The van der Waals surface area contributed by atoms with E-state index >= 15 is 0 Å². The normalized spacial score (nSPS) is 25.0. The third-order valence-electron chi connectivity index (χ3n) is 4.61. The fraction of sp³-hybridized carbons (Fsp3) is 0.600. The van der Waals surface area contributed by atoms with Gasteiger partial charge >= 0.3 is 0 Å². The van der Waals surface area contributed by atoms with Gasteiger partial charge in [-0.15, -0.1) is 0 Å². The van der Waals surface area contributed by atoms with Crippen LogP contribution >= 0.6 is 0 Å². The molecule has 7 nitrogen and oxygen atoms in total. The van der Waals surface area contributed by atoms with Crippen molar-refractivity contribution < 1.29 is 16.8 Å². The number of benzene rings is 1. The third kappa shape index (κ3) is 3.97. The SMILES string of the molecule is NCC1CCCC1NS(=O)(=O)c1ccc(S(=O)(=O)NC2CC2)cc1. The summed E-state index contributed by atoms with van der Waals surface area (Å²) in [6.07, 6.45) is 4.35. The Hall–Kier alpha value is -1.00. The van der Waals surface area contributed by atoms with E-state index < -0.39 is 20.0 Å². The highest BCUT2D eigenvalue weighted by atomic mass is 32.2. The van der Waals surface area contributed by atoms with Gasteiger partial charge in [0.25, 0.3) is 0 Å². The van der Waals surface area contributed by atoms with E-state index in [0.717, 1.165) is 32.1 Å². The van der Waals surface area contributed by atoms with Gasteiger partial charge in [0, 0.05) is 12.1 Å². The Kier molecular flexibility index (Phi) is 4.99. The summed E-state index contributed by atoms with van der Waals surface area (Å²) in [5, 5.41) is 0. The number of sulfonamides is 2. The molecule has 24 heavy (non-hydrogen) atoms. The second kappa shape index (κ2) is 6.72. The van der Waals surface area contributed by atoms with Gasteiger partial charge in [-0.05, 0) is 62.4 Å². The van der Waals surface area contributed by atoms with E-state index in [1.807, 2.05) is 0 Å². The number of hydrogen-bond acceptors (Lipinski definition) is 5. The van der Waals surface area contributed by atoms with Gasteiger partial charge in [-0.2, -0.15) is 0 Å². The summed E-state index contributed by atoms with van der Waals surface area (Å²) in [6.45, 7) is 0.456. The van der Waals surface area contributed by atoms with Crippen molar-refractivity contribution in [2.45, 2.75) is 54.0 Å². The number of nitrogens with two attached hydrogens (primary N) is 1. The summed E-state index contributed by atoms with van der Waals surface area (Å²) in [4.78, 5) is 0.143. The van der Waals surface area contributed by atoms with Crippen molar-refractivity contribution >= 4 is 20.0 Å². The van der Waals surface area contributed by atoms with Gasteiger partial charge in [0.1, 0.15) is 0 Å². The van der Waals surface area contributed by atoms with E-state index in [4.69, 9.17) is 5.73 Å². The number of hydrogen-bond donors (Lipinski definition) is 3. The highest BCUT2D eigenvalue weighted by molar-refractivity contribution is 7.90. The molecule has 3 rings (SSSR count). The largest absolute Gasteiger partial charge is 0.330 e. The molecule has 2 aliphatic rings. The minimum atomic E-state index is -3.68. The molecule has 134 valence electrons. The molecular weight excluding hydrogens is 350 g/mol. The van der Waals surface area contributed by atoms with Gasteiger partial charge in [0.2, 0.25) is 20.0 Å². The topological polar surface area (TPSA) is 118 Å². The predicted molar refractivity (Wildman–Crippen MR) is 90.3 cm³/mol. The van der Waals surface area contributed by atoms with E-state index in [2.05, 4.69) is 9.44 Å². The third-order valence-corrected chi connectivity index (χ3v) is 7.65. The average Bonchev–Trinajstić information content (AvgIpc) is 3.23. The molecule has 1 aromatic carbocycles. The van der Waals surface area contributed by atoms with Gasteiger partial charge in [-0.25, -0.2) is 26.3 Å². The first kappa shape index (κ1) is 17.8. The van der Waals surface area contributed by atoms with Crippen LogP contribution in [0, 0.1) is 5.92 Å². The van der Waals surface area contributed by atoms with Gasteiger partial charge in [-0.3, -0.25) is 0 Å². The zero-order chi connectivity index (χ0) is 17.4. The van der Waals surface area contributed by atoms with Gasteiger partial charge in [-0.1, -0.05) is 6.42 Å². The molecule has 0 saturated heterocycles. The van der Waals surface area contributed by atoms with Crippen LogP contribution in [0.25, 0.3) is 0 Å². The number of nitrogens with one attached hydrogen (secondary N) is 2. The second-order valence-corrected chi connectivity index (χ2v) is 9.95. The fourth-order valence-corrected chi connectivity index (χ4v) is 5.67. The van der Waals surface area contributed by atoms with Crippen LogP contribution in [0.5, 0.6) is 0 Å². The molecule has 0 amide bonds. The van der Waals surface area contributed by atoms with Crippen molar-refractivity contribution in [1.82, 2.24) is 9.44 Å². The Labute approximate surface area is 143 Å². The Morgan fingerprint density at radius 2 is 1.42 bits per heavy atom.